The van der Waals surface area contributed by atoms with Crippen LogP contribution >= 0.6 is 0 Å². The van der Waals surface area contributed by atoms with Crippen molar-refractivity contribution < 1.29 is 24.2 Å². The van der Waals surface area contributed by atoms with Gasteiger partial charge in [-0.25, -0.2) is 0 Å². The third-order valence-corrected chi connectivity index (χ3v) is 11.3. The molecule has 0 fully saturated rings. The van der Waals surface area contributed by atoms with Gasteiger partial charge in [0.25, 0.3) is 0 Å². The van der Waals surface area contributed by atoms with Gasteiger partial charge in [0, 0.05) is 13.1 Å². The summed E-state index contributed by atoms with van der Waals surface area (Å²) in [6.45, 7) is 12.8. The van der Waals surface area contributed by atoms with Crippen LogP contribution in [0.3, 0.4) is 0 Å². The van der Waals surface area contributed by atoms with E-state index in [2.05, 4.69) is 32.6 Å². The number of carbonyl (C=O) groups excluding carboxylic acids is 2. The molecule has 3 N–H and O–H groups in total. The summed E-state index contributed by atoms with van der Waals surface area (Å²) in [6, 6.07) is 0. The molecule has 0 radical (unpaired) electrons. The van der Waals surface area contributed by atoms with Crippen molar-refractivity contribution in [3.05, 3.63) is 0 Å². The van der Waals surface area contributed by atoms with Crippen molar-refractivity contribution in [1.82, 2.24) is 4.90 Å². The molecule has 3 atom stereocenters. The Kier molecular flexibility index (Phi) is 40.5. The molecular formula is C47H94N2O5. The molecule has 3 unspecified atom stereocenters. The summed E-state index contributed by atoms with van der Waals surface area (Å²) < 4.78 is 11.6. The maximum absolute atomic E-state index is 13.0. The van der Waals surface area contributed by atoms with E-state index in [1.165, 1.54) is 103 Å². The van der Waals surface area contributed by atoms with Crippen molar-refractivity contribution in [2.75, 3.05) is 39.4 Å². The van der Waals surface area contributed by atoms with Gasteiger partial charge < -0.3 is 25.2 Å². The molecule has 0 aliphatic heterocycles. The maximum Gasteiger partial charge on any atom is 0.308 e. The van der Waals surface area contributed by atoms with E-state index < -0.39 is 6.10 Å². The van der Waals surface area contributed by atoms with E-state index in [9.17, 15) is 14.7 Å². The van der Waals surface area contributed by atoms with E-state index in [0.29, 0.717) is 19.8 Å². The van der Waals surface area contributed by atoms with Gasteiger partial charge in [-0.3, -0.25) is 9.59 Å². The minimum atomic E-state index is -0.499. The first kappa shape index (κ1) is 52.8. The number of hydrogen-bond acceptors (Lipinski definition) is 7. The quantitative estimate of drug-likeness (QED) is 0.0470. The molecule has 322 valence electrons. The van der Waals surface area contributed by atoms with Crippen molar-refractivity contribution in [3.63, 3.8) is 0 Å². The van der Waals surface area contributed by atoms with Crippen LogP contribution in [-0.2, 0) is 19.1 Å². The highest BCUT2D eigenvalue weighted by Gasteiger charge is 2.20. The number of esters is 2. The molecule has 0 aromatic rings. The van der Waals surface area contributed by atoms with Gasteiger partial charge in [0.15, 0.2) is 0 Å². The average molecular weight is 767 g/mol. The second kappa shape index (κ2) is 41.5. The number of aliphatic hydroxyl groups excluding tert-OH is 1. The van der Waals surface area contributed by atoms with Crippen molar-refractivity contribution in [2.45, 2.75) is 239 Å². The van der Waals surface area contributed by atoms with Gasteiger partial charge >= 0.3 is 11.9 Å². The summed E-state index contributed by atoms with van der Waals surface area (Å²) in [5.74, 6) is 0.210. The summed E-state index contributed by atoms with van der Waals surface area (Å²) >= 11 is 0. The number of hydrogen-bond donors (Lipinski definition) is 2. The first-order valence-electron chi connectivity index (χ1n) is 23.9. The third-order valence-electron chi connectivity index (χ3n) is 11.3. The lowest BCUT2D eigenvalue weighted by molar-refractivity contribution is -0.150. The van der Waals surface area contributed by atoms with Crippen LogP contribution in [0.15, 0.2) is 0 Å². The molecular weight excluding hydrogens is 673 g/mol. The molecule has 0 aliphatic rings. The number of nitrogens with zero attached hydrogens (tertiary/aromatic N) is 1. The van der Waals surface area contributed by atoms with E-state index in [0.717, 1.165) is 116 Å². The Bertz CT molecular complexity index is 738. The summed E-state index contributed by atoms with van der Waals surface area (Å²) in [5.41, 5.74) is 5.75. The lowest BCUT2D eigenvalue weighted by Gasteiger charge is -2.24. The van der Waals surface area contributed by atoms with Crippen LogP contribution in [0.1, 0.15) is 233 Å². The maximum atomic E-state index is 13.0. The fourth-order valence-corrected chi connectivity index (χ4v) is 7.57. The van der Waals surface area contributed by atoms with Gasteiger partial charge in [-0.2, -0.15) is 0 Å². The predicted molar refractivity (Wildman–Crippen MR) is 231 cm³/mol. The Hall–Kier alpha value is -1.18. The summed E-state index contributed by atoms with van der Waals surface area (Å²) in [4.78, 5) is 28.3. The molecule has 0 aromatic heterocycles. The average Bonchev–Trinajstić information content (AvgIpc) is 3.17. The van der Waals surface area contributed by atoms with Gasteiger partial charge in [0.2, 0.25) is 0 Å². The Morgan fingerprint density at radius 3 is 1.11 bits per heavy atom. The Labute approximate surface area is 336 Å². The van der Waals surface area contributed by atoms with Crippen molar-refractivity contribution >= 4 is 11.9 Å². The minimum Gasteiger partial charge on any atom is -0.465 e. The van der Waals surface area contributed by atoms with Crippen LogP contribution in [-0.4, -0.2) is 67.4 Å². The molecule has 7 nitrogen and oxygen atoms in total. The second-order valence-corrected chi connectivity index (χ2v) is 16.6. The third kappa shape index (κ3) is 34.1. The Morgan fingerprint density at radius 2 is 0.759 bits per heavy atom. The molecule has 54 heavy (non-hydrogen) atoms. The number of ether oxygens (including phenoxy) is 2. The molecule has 0 aromatic carbocycles. The number of rotatable bonds is 43. The summed E-state index contributed by atoms with van der Waals surface area (Å²) in [5, 5.41) is 10.3. The van der Waals surface area contributed by atoms with Crippen LogP contribution in [0.5, 0.6) is 0 Å². The van der Waals surface area contributed by atoms with Crippen LogP contribution in [0.2, 0.25) is 0 Å². The highest BCUT2D eigenvalue weighted by molar-refractivity contribution is 5.72. The van der Waals surface area contributed by atoms with Gasteiger partial charge in [0.05, 0.1) is 31.2 Å². The lowest BCUT2D eigenvalue weighted by Crippen LogP contribution is -2.37. The first-order valence-corrected chi connectivity index (χ1v) is 23.9. The zero-order chi connectivity index (χ0) is 39.7. The molecule has 0 spiro atoms. The van der Waals surface area contributed by atoms with E-state index in [-0.39, 0.29) is 30.3 Å². The summed E-state index contributed by atoms with van der Waals surface area (Å²) in [7, 11) is 0. The van der Waals surface area contributed by atoms with Gasteiger partial charge in [-0.05, 0) is 64.5 Å². The smallest absolute Gasteiger partial charge is 0.308 e. The largest absolute Gasteiger partial charge is 0.465 e. The number of unbranched alkanes of at least 4 members (excludes halogenated alkanes) is 22. The highest BCUT2D eigenvalue weighted by Crippen LogP contribution is 2.22. The summed E-state index contributed by atoms with van der Waals surface area (Å²) in [6.07, 6.45) is 36.4. The van der Waals surface area contributed by atoms with Crippen LogP contribution < -0.4 is 5.73 Å². The number of nitrogens with two attached hydrogens (primary N) is 1. The van der Waals surface area contributed by atoms with Gasteiger partial charge in [-0.1, -0.05) is 182 Å². The molecule has 0 aliphatic carbocycles. The van der Waals surface area contributed by atoms with Crippen LogP contribution in [0.25, 0.3) is 0 Å². The first-order chi connectivity index (χ1) is 26.4. The Balaban J connectivity index is 4.38. The fourth-order valence-electron chi connectivity index (χ4n) is 7.57. The second-order valence-electron chi connectivity index (χ2n) is 16.6. The monoisotopic (exact) mass is 767 g/mol. The predicted octanol–water partition coefficient (Wildman–Crippen LogP) is 12.5. The van der Waals surface area contributed by atoms with Crippen molar-refractivity contribution in [2.24, 2.45) is 17.6 Å². The van der Waals surface area contributed by atoms with Gasteiger partial charge in [0.1, 0.15) is 0 Å². The molecule has 0 rings (SSSR count). The number of carbonyl (C=O) groups is 2. The zero-order valence-corrected chi connectivity index (χ0v) is 36.7. The van der Waals surface area contributed by atoms with E-state index >= 15 is 0 Å². The van der Waals surface area contributed by atoms with Crippen LogP contribution in [0, 0.1) is 11.8 Å². The molecule has 0 saturated heterocycles. The Morgan fingerprint density at radius 1 is 0.463 bits per heavy atom. The van der Waals surface area contributed by atoms with Crippen molar-refractivity contribution in [1.29, 1.82) is 0 Å². The van der Waals surface area contributed by atoms with Gasteiger partial charge in [-0.15, -0.1) is 0 Å². The normalized spacial score (nSPS) is 13.3. The van der Waals surface area contributed by atoms with E-state index in [4.69, 9.17) is 15.2 Å². The minimum absolute atomic E-state index is 0.0330. The van der Waals surface area contributed by atoms with E-state index in [1.807, 2.05) is 0 Å². The standard InChI is InChI=1S/C47H94N2O5/c1-5-9-13-17-19-27-35-43(33-25-15-11-7-3)46(51)53-39-31-23-21-29-37-49(42-45(50)41-48)38-30-22-24-32-40-54-47(52)44(34-26-16-12-8-4)36-28-20-18-14-10-6-2/h43-45,50H,5-42,48H2,1-4H3. The van der Waals surface area contributed by atoms with Crippen molar-refractivity contribution in [3.8, 4) is 0 Å². The molecule has 0 bridgehead atoms. The molecule has 7 heteroatoms. The fraction of sp³-hybridized carbons (Fsp3) is 0.957. The van der Waals surface area contributed by atoms with Crippen LogP contribution in [0.4, 0.5) is 0 Å². The SMILES string of the molecule is CCCCCCCCC(CCCCCC)C(=O)OCCCCCCN(CCCCCCOC(=O)C(CCCCCC)CCCCCCCC)CC(O)CN. The molecule has 0 saturated carbocycles. The van der Waals surface area contributed by atoms with E-state index in [1.54, 1.807) is 0 Å². The number of aliphatic hydroxyl groups is 1. The molecule has 0 amide bonds. The highest BCUT2D eigenvalue weighted by atomic mass is 16.5. The molecule has 0 heterocycles. The topological polar surface area (TPSA) is 102 Å². The lowest BCUT2D eigenvalue weighted by atomic mass is 9.94. The zero-order valence-electron chi connectivity index (χ0n) is 36.7.